The van der Waals surface area contributed by atoms with Crippen molar-refractivity contribution in [2.24, 2.45) is 0 Å². The Balaban J connectivity index is 1.84. The minimum atomic E-state index is 0.690. The molecule has 0 N–H and O–H groups in total. The van der Waals surface area contributed by atoms with Crippen molar-refractivity contribution in [3.63, 3.8) is 0 Å². The highest BCUT2D eigenvalue weighted by atomic mass is 16.1. The second-order valence-electron chi connectivity index (χ2n) is 6.06. The van der Waals surface area contributed by atoms with Crippen LogP contribution in [0.1, 0.15) is 74.2 Å². The Morgan fingerprint density at radius 2 is 1.68 bits per heavy atom. The SMILES string of the molecule is CCCCCCCCCCc1ccc(C=O)c2ncccc12. The normalized spacial score (nSPS) is 11.0. The maximum atomic E-state index is 11.1. The van der Waals surface area contributed by atoms with Gasteiger partial charge in [0.15, 0.2) is 6.29 Å². The van der Waals surface area contributed by atoms with Crippen molar-refractivity contribution in [2.45, 2.75) is 64.7 Å². The highest BCUT2D eigenvalue weighted by molar-refractivity contribution is 5.96. The predicted molar refractivity (Wildman–Crippen MR) is 93.4 cm³/mol. The average Bonchev–Trinajstić information content (AvgIpc) is 2.57. The fraction of sp³-hybridized carbons (Fsp3) is 0.500. The Hall–Kier alpha value is -1.70. The van der Waals surface area contributed by atoms with Crippen LogP contribution in [0.15, 0.2) is 30.5 Å². The third-order valence-electron chi connectivity index (χ3n) is 4.32. The van der Waals surface area contributed by atoms with Crippen molar-refractivity contribution in [2.75, 3.05) is 0 Å². The first-order valence-corrected chi connectivity index (χ1v) is 8.68. The van der Waals surface area contributed by atoms with Gasteiger partial charge in [0.25, 0.3) is 0 Å². The molecule has 0 unspecified atom stereocenters. The van der Waals surface area contributed by atoms with Crippen LogP contribution in [-0.4, -0.2) is 11.3 Å². The number of unbranched alkanes of at least 4 members (excludes halogenated alkanes) is 7. The Kier molecular flexibility index (Phi) is 7.08. The fourth-order valence-electron chi connectivity index (χ4n) is 3.02. The van der Waals surface area contributed by atoms with E-state index in [1.54, 1.807) is 6.20 Å². The molecule has 2 nitrogen and oxygen atoms in total. The van der Waals surface area contributed by atoms with Gasteiger partial charge in [-0.1, -0.05) is 64.0 Å². The van der Waals surface area contributed by atoms with Crippen LogP contribution in [0, 0.1) is 0 Å². The van der Waals surface area contributed by atoms with Crippen molar-refractivity contribution in [3.8, 4) is 0 Å². The molecule has 22 heavy (non-hydrogen) atoms. The van der Waals surface area contributed by atoms with E-state index >= 15 is 0 Å². The van der Waals surface area contributed by atoms with Crippen molar-refractivity contribution in [3.05, 3.63) is 41.6 Å². The molecule has 2 aromatic rings. The van der Waals surface area contributed by atoms with Gasteiger partial charge in [-0.3, -0.25) is 9.78 Å². The topological polar surface area (TPSA) is 30.0 Å². The van der Waals surface area contributed by atoms with Crippen LogP contribution in [0.3, 0.4) is 0 Å². The molecule has 0 saturated carbocycles. The molecule has 1 aromatic carbocycles. The Morgan fingerprint density at radius 1 is 0.955 bits per heavy atom. The first-order chi connectivity index (χ1) is 10.9. The summed E-state index contributed by atoms with van der Waals surface area (Å²) in [6.45, 7) is 2.26. The van der Waals surface area contributed by atoms with E-state index in [4.69, 9.17) is 0 Å². The second-order valence-corrected chi connectivity index (χ2v) is 6.06. The van der Waals surface area contributed by atoms with Gasteiger partial charge in [-0.2, -0.15) is 0 Å². The standard InChI is InChI=1S/C20H27NO/c1-2-3-4-5-6-7-8-9-11-17-13-14-18(16-22)20-19(17)12-10-15-21-20/h10,12-16H,2-9,11H2,1H3. The lowest BCUT2D eigenvalue weighted by Gasteiger charge is -2.08. The van der Waals surface area contributed by atoms with Crippen molar-refractivity contribution < 1.29 is 4.79 Å². The summed E-state index contributed by atoms with van der Waals surface area (Å²) in [6.07, 6.45) is 14.4. The number of rotatable bonds is 10. The predicted octanol–water partition coefficient (Wildman–Crippen LogP) is 5.73. The van der Waals surface area contributed by atoms with Crippen molar-refractivity contribution >= 4 is 17.2 Å². The Bertz CT molecular complexity index is 591. The summed E-state index contributed by atoms with van der Waals surface area (Å²) in [5.74, 6) is 0. The largest absolute Gasteiger partial charge is 0.298 e. The molecular formula is C20H27NO. The zero-order valence-corrected chi connectivity index (χ0v) is 13.7. The van der Waals surface area contributed by atoms with E-state index in [1.165, 1.54) is 56.9 Å². The molecule has 1 heterocycles. The van der Waals surface area contributed by atoms with E-state index in [0.29, 0.717) is 5.56 Å². The van der Waals surface area contributed by atoms with Crippen molar-refractivity contribution in [1.29, 1.82) is 0 Å². The average molecular weight is 297 g/mol. The van der Waals surface area contributed by atoms with Gasteiger partial charge in [0.2, 0.25) is 0 Å². The molecule has 118 valence electrons. The molecule has 0 fully saturated rings. The first-order valence-electron chi connectivity index (χ1n) is 8.68. The van der Waals surface area contributed by atoms with Crippen LogP contribution < -0.4 is 0 Å². The number of nitrogens with zero attached hydrogens (tertiary/aromatic N) is 1. The number of aldehydes is 1. The molecule has 0 saturated heterocycles. The summed E-state index contributed by atoms with van der Waals surface area (Å²) in [7, 11) is 0. The highest BCUT2D eigenvalue weighted by Gasteiger charge is 2.06. The second kappa shape index (κ2) is 9.34. The van der Waals surface area contributed by atoms with Gasteiger partial charge >= 0.3 is 0 Å². The number of carbonyl (C=O) groups excluding carboxylic acids is 1. The number of carbonyl (C=O) groups is 1. The number of aromatic nitrogens is 1. The van der Waals surface area contributed by atoms with Crippen LogP contribution in [0.5, 0.6) is 0 Å². The zero-order valence-electron chi connectivity index (χ0n) is 13.7. The third kappa shape index (κ3) is 4.66. The summed E-state index contributed by atoms with van der Waals surface area (Å²) < 4.78 is 0. The number of benzene rings is 1. The van der Waals surface area contributed by atoms with Gasteiger partial charge in [-0.25, -0.2) is 0 Å². The quantitative estimate of drug-likeness (QED) is 0.414. The van der Waals surface area contributed by atoms with E-state index in [9.17, 15) is 4.79 Å². The third-order valence-corrected chi connectivity index (χ3v) is 4.32. The van der Waals surface area contributed by atoms with Crippen LogP contribution in [0.4, 0.5) is 0 Å². The summed E-state index contributed by atoms with van der Waals surface area (Å²) in [5.41, 5.74) is 2.85. The summed E-state index contributed by atoms with van der Waals surface area (Å²) in [5, 5.41) is 1.13. The van der Waals surface area contributed by atoms with E-state index < -0.39 is 0 Å². The molecule has 0 aliphatic carbocycles. The lowest BCUT2D eigenvalue weighted by Crippen LogP contribution is -1.93. The van der Waals surface area contributed by atoms with E-state index in [2.05, 4.69) is 24.0 Å². The molecule has 0 aliphatic rings. The van der Waals surface area contributed by atoms with Gasteiger partial charge in [-0.15, -0.1) is 0 Å². The number of hydrogen-bond donors (Lipinski definition) is 0. The molecule has 1 aromatic heterocycles. The molecule has 0 aliphatic heterocycles. The summed E-state index contributed by atoms with van der Waals surface area (Å²) >= 11 is 0. The summed E-state index contributed by atoms with van der Waals surface area (Å²) in [4.78, 5) is 15.5. The number of pyridine rings is 1. The highest BCUT2D eigenvalue weighted by Crippen LogP contribution is 2.22. The lowest BCUT2D eigenvalue weighted by atomic mass is 9.99. The van der Waals surface area contributed by atoms with Gasteiger partial charge < -0.3 is 0 Å². The van der Waals surface area contributed by atoms with Crippen molar-refractivity contribution in [1.82, 2.24) is 4.98 Å². The van der Waals surface area contributed by atoms with Gasteiger partial charge in [-0.05, 0) is 30.5 Å². The van der Waals surface area contributed by atoms with Crippen LogP contribution in [0.25, 0.3) is 10.9 Å². The number of fused-ring (bicyclic) bond motifs is 1. The monoisotopic (exact) mass is 297 g/mol. The summed E-state index contributed by atoms with van der Waals surface area (Å²) in [6, 6.07) is 8.03. The Labute approximate surface area is 134 Å². The molecule has 0 atom stereocenters. The maximum absolute atomic E-state index is 11.1. The van der Waals surface area contributed by atoms with E-state index in [0.717, 1.165) is 23.6 Å². The Morgan fingerprint density at radius 3 is 2.41 bits per heavy atom. The molecule has 0 bridgehead atoms. The minimum absolute atomic E-state index is 0.690. The zero-order chi connectivity index (χ0) is 15.6. The van der Waals surface area contributed by atoms with Crippen LogP contribution >= 0.6 is 0 Å². The molecular weight excluding hydrogens is 270 g/mol. The minimum Gasteiger partial charge on any atom is -0.298 e. The number of aryl methyl sites for hydroxylation is 1. The molecule has 0 spiro atoms. The van der Waals surface area contributed by atoms with E-state index in [1.807, 2.05) is 12.1 Å². The molecule has 2 heteroatoms. The van der Waals surface area contributed by atoms with Gasteiger partial charge in [0.1, 0.15) is 0 Å². The van der Waals surface area contributed by atoms with Gasteiger partial charge in [0, 0.05) is 17.1 Å². The molecule has 0 radical (unpaired) electrons. The smallest absolute Gasteiger partial charge is 0.152 e. The van der Waals surface area contributed by atoms with Crippen LogP contribution in [-0.2, 0) is 6.42 Å². The van der Waals surface area contributed by atoms with Gasteiger partial charge in [0.05, 0.1) is 5.52 Å². The molecule has 0 amide bonds. The maximum Gasteiger partial charge on any atom is 0.152 e. The molecule has 2 rings (SSSR count). The first kappa shape index (κ1) is 16.7. The lowest BCUT2D eigenvalue weighted by molar-refractivity contribution is 0.112. The number of hydrogen-bond acceptors (Lipinski definition) is 2. The fourth-order valence-corrected chi connectivity index (χ4v) is 3.02. The van der Waals surface area contributed by atoms with E-state index in [-0.39, 0.29) is 0 Å². The van der Waals surface area contributed by atoms with Crippen LogP contribution in [0.2, 0.25) is 0 Å².